The summed E-state index contributed by atoms with van der Waals surface area (Å²) in [6.45, 7) is 7.57. The van der Waals surface area contributed by atoms with Crippen LogP contribution in [0.3, 0.4) is 0 Å². The number of amides is 1. The van der Waals surface area contributed by atoms with Gasteiger partial charge in [-0.05, 0) is 29.5 Å². The lowest BCUT2D eigenvalue weighted by atomic mass is 9.97. The number of anilines is 2. The summed E-state index contributed by atoms with van der Waals surface area (Å²) in [6.07, 6.45) is 0.163. The first-order valence-corrected chi connectivity index (χ1v) is 14.6. The summed E-state index contributed by atoms with van der Waals surface area (Å²) in [5.41, 5.74) is 1.89. The molecule has 2 fully saturated rings. The van der Waals surface area contributed by atoms with E-state index in [1.807, 2.05) is 18.7 Å². The second-order valence-electron chi connectivity index (χ2n) is 11.0. The molecule has 0 aliphatic carbocycles. The van der Waals surface area contributed by atoms with Crippen molar-refractivity contribution in [2.24, 2.45) is 0 Å². The van der Waals surface area contributed by atoms with Crippen molar-refractivity contribution >= 4 is 39.2 Å². The number of rotatable bonds is 4. The van der Waals surface area contributed by atoms with Crippen LogP contribution in [0.1, 0.15) is 59.0 Å². The Kier molecular flexibility index (Phi) is 6.94. The summed E-state index contributed by atoms with van der Waals surface area (Å²) in [5.74, 6) is -1.98. The average molecular weight is 574 g/mol. The van der Waals surface area contributed by atoms with Crippen LogP contribution in [-0.2, 0) is 17.7 Å². The Morgan fingerprint density at radius 1 is 1.02 bits per heavy atom. The van der Waals surface area contributed by atoms with E-state index in [2.05, 4.69) is 4.90 Å². The molecule has 0 radical (unpaired) electrons. The molecule has 0 bridgehead atoms. The summed E-state index contributed by atoms with van der Waals surface area (Å²) < 4.78 is 33.3. The van der Waals surface area contributed by atoms with E-state index in [-0.39, 0.29) is 54.8 Å². The third kappa shape index (κ3) is 4.91. The van der Waals surface area contributed by atoms with Crippen LogP contribution in [0.25, 0.3) is 10.2 Å². The van der Waals surface area contributed by atoms with E-state index in [0.29, 0.717) is 57.3 Å². The van der Waals surface area contributed by atoms with Crippen LogP contribution in [0.4, 0.5) is 20.5 Å². The van der Waals surface area contributed by atoms with Crippen molar-refractivity contribution < 1.29 is 28.5 Å². The van der Waals surface area contributed by atoms with Gasteiger partial charge in [0.2, 0.25) is 5.95 Å². The van der Waals surface area contributed by atoms with E-state index >= 15 is 0 Å². The molecule has 214 valence electrons. The van der Waals surface area contributed by atoms with Crippen molar-refractivity contribution in [1.82, 2.24) is 14.9 Å². The standard InChI is InChI=1S/C28H33F2N5O4S/c1-16(2)18-13-19(21(37)14-20(18)36)26(38)35-6-3-17-22(15-35)40-25-23(17)24(33-9-11-39-12-10-33)31-27(32-25)34-7-4-28(29,30)5-8-34/h13-14,16,36-37H,3-12,15H2,1-2H3. The Bertz CT molecular complexity index is 1450. The number of ether oxygens (including phenoxy) is 1. The van der Waals surface area contributed by atoms with Crippen LogP contribution in [0.5, 0.6) is 11.5 Å². The van der Waals surface area contributed by atoms with Crippen molar-refractivity contribution in [3.63, 3.8) is 0 Å². The van der Waals surface area contributed by atoms with Gasteiger partial charge >= 0.3 is 0 Å². The summed E-state index contributed by atoms with van der Waals surface area (Å²) in [5, 5.41) is 21.7. The molecule has 1 amide bonds. The monoisotopic (exact) mass is 573 g/mol. The number of morpholine rings is 1. The van der Waals surface area contributed by atoms with Gasteiger partial charge in [-0.15, -0.1) is 11.3 Å². The van der Waals surface area contributed by atoms with E-state index in [1.165, 1.54) is 17.4 Å². The number of carbonyl (C=O) groups excluding carboxylic acids is 1. The molecule has 12 heteroatoms. The molecule has 3 aromatic rings. The van der Waals surface area contributed by atoms with Gasteiger partial charge in [0.25, 0.3) is 11.8 Å². The summed E-state index contributed by atoms with van der Waals surface area (Å²) in [4.78, 5) is 30.8. The highest BCUT2D eigenvalue weighted by Gasteiger charge is 2.36. The van der Waals surface area contributed by atoms with Gasteiger partial charge in [0.15, 0.2) is 0 Å². The second-order valence-corrected chi connectivity index (χ2v) is 12.1. The Hall–Kier alpha value is -3.25. The molecule has 5 heterocycles. The number of phenols is 2. The molecule has 0 atom stereocenters. The highest BCUT2D eigenvalue weighted by Crippen LogP contribution is 2.42. The number of carbonyl (C=O) groups is 1. The molecule has 3 aliphatic heterocycles. The van der Waals surface area contributed by atoms with Gasteiger partial charge in [-0.25, -0.2) is 13.8 Å². The predicted molar refractivity (Wildman–Crippen MR) is 149 cm³/mol. The zero-order chi connectivity index (χ0) is 28.2. The van der Waals surface area contributed by atoms with E-state index < -0.39 is 5.92 Å². The number of phenolic OH excluding ortho intramolecular Hbond substituents is 2. The van der Waals surface area contributed by atoms with Crippen LogP contribution in [0.2, 0.25) is 0 Å². The number of benzene rings is 1. The summed E-state index contributed by atoms with van der Waals surface area (Å²) in [6, 6.07) is 2.81. The van der Waals surface area contributed by atoms with Crippen molar-refractivity contribution in [2.45, 2.75) is 51.5 Å². The Morgan fingerprint density at radius 3 is 2.45 bits per heavy atom. The number of piperidine rings is 1. The van der Waals surface area contributed by atoms with Crippen molar-refractivity contribution in [1.29, 1.82) is 0 Å². The lowest BCUT2D eigenvalue weighted by Crippen LogP contribution is -2.41. The predicted octanol–water partition coefficient (Wildman–Crippen LogP) is 4.50. The van der Waals surface area contributed by atoms with Gasteiger partial charge in [-0.1, -0.05) is 13.8 Å². The third-order valence-corrected chi connectivity index (χ3v) is 9.15. The smallest absolute Gasteiger partial charge is 0.257 e. The van der Waals surface area contributed by atoms with Crippen molar-refractivity contribution in [2.75, 3.05) is 55.7 Å². The van der Waals surface area contributed by atoms with Crippen LogP contribution in [0.15, 0.2) is 12.1 Å². The number of nitrogens with zero attached hydrogens (tertiary/aromatic N) is 5. The maximum atomic E-state index is 13.9. The van der Waals surface area contributed by atoms with Gasteiger partial charge < -0.3 is 29.6 Å². The number of alkyl halides is 2. The normalized spacial score (nSPS) is 19.4. The maximum absolute atomic E-state index is 13.9. The zero-order valence-electron chi connectivity index (χ0n) is 22.6. The first-order valence-electron chi connectivity index (χ1n) is 13.7. The van der Waals surface area contributed by atoms with Crippen LogP contribution >= 0.6 is 11.3 Å². The molecule has 0 spiro atoms. The average Bonchev–Trinajstić information content (AvgIpc) is 3.30. The van der Waals surface area contributed by atoms with Gasteiger partial charge in [0, 0.05) is 56.5 Å². The fraction of sp³-hybridized carbons (Fsp3) is 0.536. The van der Waals surface area contributed by atoms with E-state index in [0.717, 1.165) is 26.5 Å². The van der Waals surface area contributed by atoms with Gasteiger partial charge in [-0.3, -0.25) is 4.79 Å². The molecule has 40 heavy (non-hydrogen) atoms. The molecule has 3 aliphatic rings. The number of thiophene rings is 1. The van der Waals surface area contributed by atoms with Gasteiger partial charge in [0.1, 0.15) is 22.1 Å². The lowest BCUT2D eigenvalue weighted by molar-refractivity contribution is -0.0222. The van der Waals surface area contributed by atoms with Crippen molar-refractivity contribution in [3.05, 3.63) is 33.7 Å². The Labute approximate surface area is 235 Å². The second kappa shape index (κ2) is 10.3. The highest BCUT2D eigenvalue weighted by atomic mass is 32.1. The number of fused-ring (bicyclic) bond motifs is 3. The molecule has 2 aromatic heterocycles. The van der Waals surface area contributed by atoms with Crippen molar-refractivity contribution in [3.8, 4) is 11.5 Å². The SMILES string of the molecule is CC(C)c1cc(C(=O)N2CCc3c(sc4nc(N5CCC(F)(F)CC5)nc(N5CCOCC5)c34)C2)c(O)cc1O. The van der Waals surface area contributed by atoms with E-state index in [9.17, 15) is 23.8 Å². The van der Waals surface area contributed by atoms with Crippen LogP contribution in [-0.4, -0.2) is 82.8 Å². The minimum atomic E-state index is -2.66. The lowest BCUT2D eigenvalue weighted by Gasteiger charge is -2.33. The largest absolute Gasteiger partial charge is 0.508 e. The molecule has 2 N–H and O–H groups in total. The minimum Gasteiger partial charge on any atom is -0.508 e. The Morgan fingerprint density at radius 2 is 1.75 bits per heavy atom. The molecule has 9 nitrogen and oxygen atoms in total. The van der Waals surface area contributed by atoms with E-state index in [1.54, 1.807) is 11.0 Å². The Balaban J connectivity index is 1.35. The summed E-state index contributed by atoms with van der Waals surface area (Å²) in [7, 11) is 0. The molecule has 0 saturated carbocycles. The van der Waals surface area contributed by atoms with Gasteiger partial charge in [0.05, 0.1) is 30.7 Å². The molecular weight excluding hydrogens is 540 g/mol. The molecule has 1 aromatic carbocycles. The fourth-order valence-electron chi connectivity index (χ4n) is 5.72. The van der Waals surface area contributed by atoms with Gasteiger partial charge in [-0.2, -0.15) is 4.98 Å². The van der Waals surface area contributed by atoms with E-state index in [4.69, 9.17) is 14.7 Å². The molecule has 2 saturated heterocycles. The number of hydrogen-bond donors (Lipinski definition) is 2. The first-order chi connectivity index (χ1) is 19.1. The third-order valence-electron chi connectivity index (χ3n) is 8.04. The minimum absolute atomic E-state index is 0.0137. The molecule has 0 unspecified atom stereocenters. The number of aromatic hydroxyl groups is 2. The maximum Gasteiger partial charge on any atom is 0.257 e. The van der Waals surface area contributed by atoms with Crippen LogP contribution < -0.4 is 9.80 Å². The molecule has 6 rings (SSSR count). The number of hydrogen-bond acceptors (Lipinski definition) is 9. The first kappa shape index (κ1) is 26.9. The fourth-order valence-corrected chi connectivity index (χ4v) is 6.94. The quantitative estimate of drug-likeness (QED) is 0.471. The zero-order valence-corrected chi connectivity index (χ0v) is 23.4. The van der Waals surface area contributed by atoms with Crippen LogP contribution in [0, 0.1) is 0 Å². The number of halogens is 2. The molecular formula is C28H33F2N5O4S. The highest BCUT2D eigenvalue weighted by molar-refractivity contribution is 7.19. The topological polar surface area (TPSA) is 102 Å². The summed E-state index contributed by atoms with van der Waals surface area (Å²) >= 11 is 1.51. The number of aromatic nitrogens is 2.